The molecule has 0 spiro atoms. The Hall–Kier alpha value is -0.860. The molecule has 18 heavy (non-hydrogen) atoms. The minimum absolute atomic E-state index is 0.0579. The van der Waals surface area contributed by atoms with E-state index in [-0.39, 0.29) is 25.6 Å². The highest BCUT2D eigenvalue weighted by Crippen LogP contribution is 2.13. The van der Waals surface area contributed by atoms with Gasteiger partial charge in [-0.25, -0.2) is 0 Å². The van der Waals surface area contributed by atoms with Crippen molar-refractivity contribution in [1.82, 2.24) is 10.6 Å². The normalized spacial score (nSPS) is 11.6. The quantitative estimate of drug-likeness (QED) is 0.562. The highest BCUT2D eigenvalue weighted by atomic mass is 19.4. The highest BCUT2D eigenvalue weighted by Gasteiger charge is 2.27. The van der Waals surface area contributed by atoms with Crippen LogP contribution in [0.5, 0.6) is 0 Å². The molecule has 0 aromatic heterocycles. The van der Waals surface area contributed by atoms with Crippen molar-refractivity contribution in [2.75, 3.05) is 46.6 Å². The lowest BCUT2D eigenvalue weighted by atomic mass is 10.4. The van der Waals surface area contributed by atoms with Gasteiger partial charge in [-0.3, -0.25) is 4.79 Å². The monoisotopic (exact) mass is 272 g/mol. The summed E-state index contributed by atoms with van der Waals surface area (Å²) in [7, 11) is 1.57. The summed E-state index contributed by atoms with van der Waals surface area (Å²) in [5.74, 6) is -0.207. The fraction of sp³-hybridized carbons (Fsp3) is 0.900. The Bertz CT molecular complexity index is 225. The maximum absolute atomic E-state index is 11.7. The third-order valence-electron chi connectivity index (χ3n) is 1.82. The van der Waals surface area contributed by atoms with Gasteiger partial charge in [0, 0.05) is 26.8 Å². The number of hydrogen-bond acceptors (Lipinski definition) is 4. The van der Waals surface area contributed by atoms with Crippen LogP contribution in [0.3, 0.4) is 0 Å². The Balaban J connectivity index is 3.25. The second-order valence-corrected chi connectivity index (χ2v) is 3.54. The first-order valence-electron chi connectivity index (χ1n) is 5.56. The number of carbonyl (C=O) groups is 1. The molecular formula is C10H19F3N2O3. The van der Waals surface area contributed by atoms with Gasteiger partial charge in [0.1, 0.15) is 6.61 Å². The molecule has 0 aromatic rings. The molecule has 2 N–H and O–H groups in total. The molecule has 0 aliphatic carbocycles. The Morgan fingerprint density at radius 3 is 2.56 bits per heavy atom. The minimum Gasteiger partial charge on any atom is -0.385 e. The van der Waals surface area contributed by atoms with E-state index in [2.05, 4.69) is 15.4 Å². The van der Waals surface area contributed by atoms with E-state index in [1.54, 1.807) is 7.11 Å². The van der Waals surface area contributed by atoms with E-state index in [0.29, 0.717) is 13.2 Å². The van der Waals surface area contributed by atoms with Crippen molar-refractivity contribution in [1.29, 1.82) is 0 Å². The van der Waals surface area contributed by atoms with E-state index in [9.17, 15) is 18.0 Å². The van der Waals surface area contributed by atoms with Gasteiger partial charge in [-0.2, -0.15) is 13.2 Å². The number of amides is 1. The van der Waals surface area contributed by atoms with Crippen LogP contribution < -0.4 is 10.6 Å². The lowest BCUT2D eigenvalue weighted by Crippen LogP contribution is -2.36. The molecule has 0 bridgehead atoms. The summed E-state index contributed by atoms with van der Waals surface area (Å²) < 4.78 is 44.2. The van der Waals surface area contributed by atoms with Crippen LogP contribution in [-0.2, 0) is 14.3 Å². The molecule has 0 atom stereocenters. The SMILES string of the molecule is COCCCNC(=O)CNCCOCC(F)(F)F. The first-order valence-corrected chi connectivity index (χ1v) is 5.56. The van der Waals surface area contributed by atoms with Crippen LogP contribution in [0.2, 0.25) is 0 Å². The second-order valence-electron chi connectivity index (χ2n) is 3.54. The number of halogens is 3. The van der Waals surface area contributed by atoms with Crippen LogP contribution in [0.25, 0.3) is 0 Å². The van der Waals surface area contributed by atoms with Crippen molar-refractivity contribution in [3.8, 4) is 0 Å². The van der Waals surface area contributed by atoms with Crippen molar-refractivity contribution in [3.05, 3.63) is 0 Å². The number of ether oxygens (including phenoxy) is 2. The Kier molecular flexibility index (Phi) is 9.62. The summed E-state index contributed by atoms with van der Waals surface area (Å²) in [4.78, 5) is 11.2. The molecule has 0 radical (unpaired) electrons. The van der Waals surface area contributed by atoms with E-state index >= 15 is 0 Å². The zero-order valence-electron chi connectivity index (χ0n) is 10.3. The van der Waals surface area contributed by atoms with Gasteiger partial charge in [0.2, 0.25) is 5.91 Å². The fourth-order valence-corrected chi connectivity index (χ4v) is 1.04. The molecule has 8 heteroatoms. The molecular weight excluding hydrogens is 253 g/mol. The third kappa shape index (κ3) is 13.2. The highest BCUT2D eigenvalue weighted by molar-refractivity contribution is 5.77. The molecule has 0 saturated heterocycles. The molecule has 1 amide bonds. The van der Waals surface area contributed by atoms with Crippen LogP contribution in [0.4, 0.5) is 13.2 Å². The van der Waals surface area contributed by atoms with Crippen LogP contribution in [0.1, 0.15) is 6.42 Å². The van der Waals surface area contributed by atoms with Crippen LogP contribution >= 0.6 is 0 Å². The summed E-state index contributed by atoms with van der Waals surface area (Å²) in [6, 6.07) is 0. The van der Waals surface area contributed by atoms with Crippen LogP contribution in [0, 0.1) is 0 Å². The van der Waals surface area contributed by atoms with Crippen molar-refractivity contribution in [2.45, 2.75) is 12.6 Å². The third-order valence-corrected chi connectivity index (χ3v) is 1.82. The van der Waals surface area contributed by atoms with E-state index in [1.165, 1.54) is 0 Å². The zero-order chi connectivity index (χ0) is 13.9. The molecule has 5 nitrogen and oxygen atoms in total. The topological polar surface area (TPSA) is 59.6 Å². The fourth-order valence-electron chi connectivity index (χ4n) is 1.04. The Morgan fingerprint density at radius 2 is 1.94 bits per heavy atom. The number of carbonyl (C=O) groups excluding carboxylic acids is 1. The predicted molar refractivity (Wildman–Crippen MR) is 59.2 cm³/mol. The maximum atomic E-state index is 11.7. The molecule has 0 saturated carbocycles. The van der Waals surface area contributed by atoms with E-state index in [4.69, 9.17) is 4.74 Å². The van der Waals surface area contributed by atoms with Crippen molar-refractivity contribution < 1.29 is 27.4 Å². The van der Waals surface area contributed by atoms with Gasteiger partial charge in [0.25, 0.3) is 0 Å². The lowest BCUT2D eigenvalue weighted by Gasteiger charge is -2.08. The summed E-state index contributed by atoms with van der Waals surface area (Å²) >= 11 is 0. The summed E-state index contributed by atoms with van der Waals surface area (Å²) in [5, 5.41) is 5.31. The summed E-state index contributed by atoms with van der Waals surface area (Å²) in [5.41, 5.74) is 0. The second kappa shape index (κ2) is 10.1. The van der Waals surface area contributed by atoms with Gasteiger partial charge in [0.15, 0.2) is 0 Å². The smallest absolute Gasteiger partial charge is 0.385 e. The minimum atomic E-state index is -4.31. The summed E-state index contributed by atoms with van der Waals surface area (Å²) in [6.45, 7) is -0.0177. The summed E-state index contributed by atoms with van der Waals surface area (Å²) in [6.07, 6.45) is -3.59. The van der Waals surface area contributed by atoms with E-state index in [0.717, 1.165) is 6.42 Å². The number of nitrogens with one attached hydrogen (secondary N) is 2. The van der Waals surface area contributed by atoms with Gasteiger partial charge in [-0.05, 0) is 6.42 Å². The molecule has 0 heterocycles. The van der Waals surface area contributed by atoms with Gasteiger partial charge >= 0.3 is 6.18 Å². The molecule has 0 fully saturated rings. The first kappa shape index (κ1) is 17.1. The lowest BCUT2D eigenvalue weighted by molar-refractivity contribution is -0.173. The van der Waals surface area contributed by atoms with Gasteiger partial charge in [-0.15, -0.1) is 0 Å². The molecule has 0 rings (SSSR count). The van der Waals surface area contributed by atoms with Crippen LogP contribution in [0.15, 0.2) is 0 Å². The van der Waals surface area contributed by atoms with Gasteiger partial charge < -0.3 is 20.1 Å². The number of methoxy groups -OCH3 is 1. The number of hydrogen-bond donors (Lipinski definition) is 2. The molecule has 0 aliphatic rings. The average molecular weight is 272 g/mol. The maximum Gasteiger partial charge on any atom is 0.411 e. The first-order chi connectivity index (χ1) is 8.45. The molecule has 0 unspecified atom stereocenters. The van der Waals surface area contributed by atoms with Gasteiger partial charge in [-0.1, -0.05) is 0 Å². The molecule has 0 aliphatic heterocycles. The van der Waals surface area contributed by atoms with Crippen LogP contribution in [-0.4, -0.2) is 58.6 Å². The Labute approximate surface area is 104 Å². The van der Waals surface area contributed by atoms with Crippen molar-refractivity contribution in [2.24, 2.45) is 0 Å². The largest absolute Gasteiger partial charge is 0.411 e. The molecule has 0 aromatic carbocycles. The van der Waals surface area contributed by atoms with Gasteiger partial charge in [0.05, 0.1) is 13.2 Å². The van der Waals surface area contributed by atoms with Crippen molar-refractivity contribution in [3.63, 3.8) is 0 Å². The van der Waals surface area contributed by atoms with E-state index < -0.39 is 12.8 Å². The predicted octanol–water partition coefficient (Wildman–Crippen LogP) is 0.308. The average Bonchev–Trinajstić information content (AvgIpc) is 2.28. The zero-order valence-corrected chi connectivity index (χ0v) is 10.3. The standard InChI is InChI=1S/C10H19F3N2O3/c1-17-5-2-3-15-9(16)7-14-4-6-18-8-10(11,12)13/h14H,2-8H2,1H3,(H,15,16). The molecule has 108 valence electrons. The van der Waals surface area contributed by atoms with E-state index in [1.807, 2.05) is 0 Å². The number of alkyl halides is 3. The Morgan fingerprint density at radius 1 is 1.22 bits per heavy atom. The van der Waals surface area contributed by atoms with Crippen molar-refractivity contribution >= 4 is 5.91 Å². The number of rotatable bonds is 10.